The van der Waals surface area contributed by atoms with Gasteiger partial charge < -0.3 is 19.4 Å². The topological polar surface area (TPSA) is 71.8 Å². The molecule has 3 rings (SSSR count). The molecule has 0 unspecified atom stereocenters. The van der Waals surface area contributed by atoms with Crippen molar-refractivity contribution in [1.29, 1.82) is 0 Å². The molecule has 0 spiro atoms. The highest BCUT2D eigenvalue weighted by atomic mass is 16.5. The second kappa shape index (κ2) is 7.88. The molecule has 0 saturated carbocycles. The molecule has 1 fully saturated rings. The summed E-state index contributed by atoms with van der Waals surface area (Å²) in [7, 11) is 0. The van der Waals surface area contributed by atoms with Gasteiger partial charge in [0.2, 0.25) is 5.91 Å². The lowest BCUT2D eigenvalue weighted by atomic mass is 9.95. The number of ether oxygens (including phenoxy) is 1. The number of nitrogens with zero attached hydrogens (tertiary/aromatic N) is 1. The van der Waals surface area contributed by atoms with Crippen LogP contribution in [0.2, 0.25) is 0 Å². The van der Waals surface area contributed by atoms with E-state index in [1.165, 1.54) is 12.5 Å². The van der Waals surface area contributed by atoms with Gasteiger partial charge in [0.15, 0.2) is 0 Å². The Morgan fingerprint density at radius 3 is 2.52 bits per heavy atom. The summed E-state index contributed by atoms with van der Waals surface area (Å²) in [6.45, 7) is 3.69. The zero-order valence-electron chi connectivity index (χ0n) is 14.2. The first-order valence-corrected chi connectivity index (χ1v) is 8.52. The van der Waals surface area contributed by atoms with E-state index in [-0.39, 0.29) is 17.7 Å². The minimum Gasteiger partial charge on any atom is -0.494 e. The lowest BCUT2D eigenvalue weighted by molar-refractivity contribution is -0.121. The summed E-state index contributed by atoms with van der Waals surface area (Å²) in [4.78, 5) is 26.5. The van der Waals surface area contributed by atoms with Gasteiger partial charge in [0, 0.05) is 24.7 Å². The van der Waals surface area contributed by atoms with E-state index in [0.717, 1.165) is 11.4 Å². The maximum atomic E-state index is 12.4. The first-order chi connectivity index (χ1) is 12.2. The monoisotopic (exact) mass is 342 g/mol. The molecule has 1 aromatic heterocycles. The van der Waals surface area contributed by atoms with Crippen molar-refractivity contribution in [3.63, 3.8) is 0 Å². The van der Waals surface area contributed by atoms with Crippen LogP contribution in [0, 0.1) is 5.92 Å². The highest BCUT2D eigenvalue weighted by molar-refractivity contribution is 5.95. The normalized spacial score (nSPS) is 15.0. The number of hydrogen-bond acceptors (Lipinski definition) is 4. The summed E-state index contributed by atoms with van der Waals surface area (Å²) in [5, 5.41) is 2.94. The van der Waals surface area contributed by atoms with Gasteiger partial charge in [0.25, 0.3) is 5.91 Å². The summed E-state index contributed by atoms with van der Waals surface area (Å²) in [6.07, 6.45) is 4.26. The van der Waals surface area contributed by atoms with Crippen LogP contribution < -0.4 is 10.1 Å². The predicted octanol–water partition coefficient (Wildman–Crippen LogP) is 3.17. The fourth-order valence-corrected chi connectivity index (χ4v) is 2.96. The van der Waals surface area contributed by atoms with Crippen molar-refractivity contribution in [3.8, 4) is 5.75 Å². The number of hydrogen-bond donors (Lipinski definition) is 1. The Bertz CT molecular complexity index is 702. The molecule has 6 nitrogen and oxygen atoms in total. The van der Waals surface area contributed by atoms with Crippen molar-refractivity contribution in [2.75, 3.05) is 25.0 Å². The SMILES string of the molecule is CCOc1ccc(NC(=O)C2CCN(C(=O)c3ccoc3)CC2)cc1. The molecule has 2 amide bonds. The molecule has 2 aromatic rings. The van der Waals surface area contributed by atoms with Gasteiger partial charge in [-0.05, 0) is 50.1 Å². The number of amides is 2. The van der Waals surface area contributed by atoms with Gasteiger partial charge in [0.1, 0.15) is 12.0 Å². The molecule has 0 atom stereocenters. The number of furan rings is 1. The van der Waals surface area contributed by atoms with Crippen molar-refractivity contribution in [2.45, 2.75) is 19.8 Å². The number of piperidine rings is 1. The van der Waals surface area contributed by atoms with Crippen LogP contribution in [0.25, 0.3) is 0 Å². The van der Waals surface area contributed by atoms with E-state index < -0.39 is 0 Å². The average molecular weight is 342 g/mol. The van der Waals surface area contributed by atoms with E-state index >= 15 is 0 Å². The molecule has 1 aromatic carbocycles. The molecular weight excluding hydrogens is 320 g/mol. The van der Waals surface area contributed by atoms with Crippen LogP contribution in [0.5, 0.6) is 5.75 Å². The third-order valence-corrected chi connectivity index (χ3v) is 4.35. The molecule has 2 heterocycles. The Morgan fingerprint density at radius 2 is 1.92 bits per heavy atom. The van der Waals surface area contributed by atoms with Crippen molar-refractivity contribution in [2.24, 2.45) is 5.92 Å². The third kappa shape index (κ3) is 4.21. The molecule has 1 aliphatic rings. The van der Waals surface area contributed by atoms with Crippen LogP contribution >= 0.6 is 0 Å². The van der Waals surface area contributed by atoms with Gasteiger partial charge in [-0.15, -0.1) is 0 Å². The molecule has 1 N–H and O–H groups in total. The van der Waals surface area contributed by atoms with Gasteiger partial charge in [-0.1, -0.05) is 0 Å². The van der Waals surface area contributed by atoms with E-state index in [2.05, 4.69) is 5.32 Å². The first-order valence-electron chi connectivity index (χ1n) is 8.52. The molecule has 0 aliphatic carbocycles. The Morgan fingerprint density at radius 1 is 1.20 bits per heavy atom. The first kappa shape index (κ1) is 17.1. The molecular formula is C19H22N2O4. The van der Waals surface area contributed by atoms with Crippen LogP contribution in [0.3, 0.4) is 0 Å². The third-order valence-electron chi connectivity index (χ3n) is 4.35. The summed E-state index contributed by atoms with van der Waals surface area (Å²) in [6, 6.07) is 9.00. The van der Waals surface area contributed by atoms with E-state index in [9.17, 15) is 9.59 Å². The predicted molar refractivity (Wildman–Crippen MR) is 93.6 cm³/mol. The highest BCUT2D eigenvalue weighted by Gasteiger charge is 2.28. The number of anilines is 1. The molecule has 1 aliphatic heterocycles. The van der Waals surface area contributed by atoms with E-state index in [4.69, 9.17) is 9.15 Å². The number of nitrogens with one attached hydrogen (secondary N) is 1. The van der Waals surface area contributed by atoms with Gasteiger partial charge in [0.05, 0.1) is 18.4 Å². The highest BCUT2D eigenvalue weighted by Crippen LogP contribution is 2.22. The lowest BCUT2D eigenvalue weighted by Gasteiger charge is -2.31. The fraction of sp³-hybridized carbons (Fsp3) is 0.368. The number of carbonyl (C=O) groups is 2. The maximum Gasteiger partial charge on any atom is 0.257 e. The summed E-state index contributed by atoms with van der Waals surface area (Å²) in [5.74, 6) is 0.658. The zero-order valence-corrected chi connectivity index (χ0v) is 14.2. The Balaban J connectivity index is 1.50. The second-order valence-electron chi connectivity index (χ2n) is 6.03. The molecule has 132 valence electrons. The Labute approximate surface area is 146 Å². The van der Waals surface area contributed by atoms with Crippen molar-refractivity contribution < 1.29 is 18.7 Å². The average Bonchev–Trinajstić information content (AvgIpc) is 3.18. The number of carbonyl (C=O) groups excluding carboxylic acids is 2. The number of likely N-dealkylation sites (tertiary alicyclic amines) is 1. The summed E-state index contributed by atoms with van der Waals surface area (Å²) >= 11 is 0. The van der Waals surface area contributed by atoms with Crippen LogP contribution in [-0.2, 0) is 4.79 Å². The minimum atomic E-state index is -0.0834. The van der Waals surface area contributed by atoms with Crippen molar-refractivity contribution in [3.05, 3.63) is 48.4 Å². The lowest BCUT2D eigenvalue weighted by Crippen LogP contribution is -2.41. The summed E-state index contributed by atoms with van der Waals surface area (Å²) in [5.41, 5.74) is 1.31. The van der Waals surface area contributed by atoms with Crippen molar-refractivity contribution >= 4 is 17.5 Å². The van der Waals surface area contributed by atoms with Crippen LogP contribution in [0.4, 0.5) is 5.69 Å². The standard InChI is InChI=1S/C19H22N2O4/c1-2-25-17-5-3-16(4-6-17)20-18(22)14-7-10-21(11-8-14)19(23)15-9-12-24-13-15/h3-6,9,12-14H,2,7-8,10-11H2,1H3,(H,20,22). The van der Waals surface area contributed by atoms with Gasteiger partial charge >= 0.3 is 0 Å². The van der Waals surface area contributed by atoms with E-state index in [1.807, 2.05) is 31.2 Å². The van der Waals surface area contributed by atoms with Gasteiger partial charge in [-0.25, -0.2) is 0 Å². The maximum absolute atomic E-state index is 12.4. The van der Waals surface area contributed by atoms with E-state index in [0.29, 0.717) is 38.1 Å². The quantitative estimate of drug-likeness (QED) is 0.906. The zero-order chi connectivity index (χ0) is 17.6. The van der Waals surface area contributed by atoms with Crippen LogP contribution in [-0.4, -0.2) is 36.4 Å². The molecule has 1 saturated heterocycles. The van der Waals surface area contributed by atoms with Crippen molar-refractivity contribution in [1.82, 2.24) is 4.90 Å². The smallest absolute Gasteiger partial charge is 0.257 e. The Kier molecular flexibility index (Phi) is 5.38. The minimum absolute atomic E-state index is 0.000398. The van der Waals surface area contributed by atoms with Gasteiger partial charge in [-0.3, -0.25) is 9.59 Å². The molecule has 0 bridgehead atoms. The second-order valence-corrected chi connectivity index (χ2v) is 6.03. The van der Waals surface area contributed by atoms with Crippen LogP contribution in [0.15, 0.2) is 47.3 Å². The number of benzene rings is 1. The Hall–Kier alpha value is -2.76. The largest absolute Gasteiger partial charge is 0.494 e. The molecule has 6 heteroatoms. The molecule has 25 heavy (non-hydrogen) atoms. The van der Waals surface area contributed by atoms with Gasteiger partial charge in [-0.2, -0.15) is 0 Å². The number of rotatable bonds is 5. The van der Waals surface area contributed by atoms with E-state index in [1.54, 1.807) is 11.0 Å². The fourth-order valence-electron chi connectivity index (χ4n) is 2.96. The molecule has 0 radical (unpaired) electrons. The summed E-state index contributed by atoms with van der Waals surface area (Å²) < 4.78 is 10.3. The van der Waals surface area contributed by atoms with Crippen LogP contribution in [0.1, 0.15) is 30.1 Å².